The number of carbonyl (C=O) groups excluding carboxylic acids is 3. The molecule has 1 unspecified atom stereocenters. The van der Waals surface area contributed by atoms with E-state index in [-0.39, 0.29) is 30.2 Å². The Morgan fingerprint density at radius 3 is 2.46 bits per heavy atom. The van der Waals surface area contributed by atoms with Gasteiger partial charge < -0.3 is 15.5 Å². The molecule has 0 spiro atoms. The average molecular weight is 331 g/mol. The van der Waals surface area contributed by atoms with Crippen LogP contribution in [0.25, 0.3) is 0 Å². The summed E-state index contributed by atoms with van der Waals surface area (Å²) < 4.78 is 0. The minimum Gasteiger partial charge on any atom is -0.356 e. The molecular weight excluding hydrogens is 306 g/mol. The van der Waals surface area contributed by atoms with E-state index in [4.69, 9.17) is 0 Å². The number of hydrogen-bond acceptors (Lipinski definition) is 3. The number of nitrogens with zero attached hydrogens (tertiary/aromatic N) is 1. The van der Waals surface area contributed by atoms with Crippen LogP contribution in [0.15, 0.2) is 30.3 Å². The van der Waals surface area contributed by atoms with E-state index in [1.165, 1.54) is 0 Å². The van der Waals surface area contributed by atoms with Gasteiger partial charge in [-0.3, -0.25) is 14.4 Å². The molecular formula is C18H25N3O3. The van der Waals surface area contributed by atoms with Gasteiger partial charge in [0.1, 0.15) is 0 Å². The lowest BCUT2D eigenvalue weighted by molar-refractivity contribution is -0.130. The van der Waals surface area contributed by atoms with Crippen molar-refractivity contribution in [3.63, 3.8) is 0 Å². The van der Waals surface area contributed by atoms with Crippen molar-refractivity contribution in [1.29, 1.82) is 0 Å². The number of likely N-dealkylation sites (tertiary alicyclic amines) is 1. The van der Waals surface area contributed by atoms with E-state index in [1.54, 1.807) is 31.2 Å². The van der Waals surface area contributed by atoms with Gasteiger partial charge >= 0.3 is 0 Å². The van der Waals surface area contributed by atoms with Crippen LogP contribution >= 0.6 is 0 Å². The monoisotopic (exact) mass is 331 g/mol. The molecule has 1 heterocycles. The molecule has 1 saturated heterocycles. The van der Waals surface area contributed by atoms with Gasteiger partial charge in [-0.05, 0) is 31.9 Å². The number of carbonyl (C=O) groups is 3. The summed E-state index contributed by atoms with van der Waals surface area (Å²) in [5.41, 5.74) is 0.570. The van der Waals surface area contributed by atoms with Crippen LogP contribution in [0.4, 0.5) is 0 Å². The predicted molar refractivity (Wildman–Crippen MR) is 91.4 cm³/mol. The molecule has 1 aromatic rings. The highest BCUT2D eigenvalue weighted by molar-refractivity contribution is 5.94. The largest absolute Gasteiger partial charge is 0.356 e. The smallest absolute Gasteiger partial charge is 0.251 e. The molecule has 3 amide bonds. The molecule has 0 aromatic heterocycles. The molecule has 0 aliphatic carbocycles. The molecule has 1 aromatic carbocycles. The minimum atomic E-state index is -0.271. The fraction of sp³-hybridized carbons (Fsp3) is 0.500. The summed E-state index contributed by atoms with van der Waals surface area (Å²) in [5, 5.41) is 5.54. The highest BCUT2D eigenvalue weighted by atomic mass is 16.2. The normalized spacial score (nSPS) is 15.0. The summed E-state index contributed by atoms with van der Waals surface area (Å²) in [6.45, 7) is 3.79. The van der Waals surface area contributed by atoms with Crippen molar-refractivity contribution >= 4 is 17.7 Å². The molecule has 0 radical (unpaired) electrons. The van der Waals surface area contributed by atoms with E-state index >= 15 is 0 Å². The van der Waals surface area contributed by atoms with E-state index in [9.17, 15) is 14.4 Å². The molecule has 6 nitrogen and oxygen atoms in total. The van der Waals surface area contributed by atoms with Gasteiger partial charge in [-0.15, -0.1) is 0 Å². The van der Waals surface area contributed by atoms with E-state index in [1.807, 2.05) is 11.0 Å². The zero-order valence-corrected chi connectivity index (χ0v) is 14.1. The molecule has 24 heavy (non-hydrogen) atoms. The Labute approximate surface area is 142 Å². The molecule has 1 atom stereocenters. The van der Waals surface area contributed by atoms with Crippen molar-refractivity contribution in [2.75, 3.05) is 19.6 Å². The molecule has 2 rings (SSSR count). The highest BCUT2D eigenvalue weighted by Crippen LogP contribution is 2.08. The number of benzene rings is 1. The topological polar surface area (TPSA) is 78.5 Å². The SMILES string of the molecule is CC(CC(=O)NCCC(=O)N1CCCC1)NC(=O)c1ccccc1. The first kappa shape index (κ1) is 18.0. The molecule has 1 aliphatic rings. The summed E-state index contributed by atoms with van der Waals surface area (Å²) >= 11 is 0. The molecule has 2 N–H and O–H groups in total. The Hall–Kier alpha value is -2.37. The average Bonchev–Trinajstić information content (AvgIpc) is 3.10. The van der Waals surface area contributed by atoms with Gasteiger partial charge in [0.05, 0.1) is 0 Å². The van der Waals surface area contributed by atoms with Gasteiger partial charge in [0.15, 0.2) is 0 Å². The van der Waals surface area contributed by atoms with Crippen LogP contribution in [0.1, 0.15) is 43.0 Å². The number of hydrogen-bond donors (Lipinski definition) is 2. The summed E-state index contributed by atoms with van der Waals surface area (Å²) in [6.07, 6.45) is 2.65. The Morgan fingerprint density at radius 2 is 1.79 bits per heavy atom. The summed E-state index contributed by atoms with van der Waals surface area (Å²) in [6, 6.07) is 8.62. The van der Waals surface area contributed by atoms with Crippen LogP contribution in [-0.4, -0.2) is 48.3 Å². The second kappa shape index (κ2) is 9.05. The van der Waals surface area contributed by atoms with Crippen LogP contribution in [0.3, 0.4) is 0 Å². The first-order valence-corrected chi connectivity index (χ1v) is 8.46. The van der Waals surface area contributed by atoms with E-state index in [0.717, 1.165) is 25.9 Å². The quantitative estimate of drug-likeness (QED) is 0.791. The van der Waals surface area contributed by atoms with Crippen molar-refractivity contribution < 1.29 is 14.4 Å². The van der Waals surface area contributed by atoms with Crippen LogP contribution in [-0.2, 0) is 9.59 Å². The third-order valence-electron chi connectivity index (χ3n) is 4.02. The molecule has 130 valence electrons. The van der Waals surface area contributed by atoms with Gasteiger partial charge in [0.2, 0.25) is 11.8 Å². The molecule has 1 aliphatic heterocycles. The Kier molecular flexibility index (Phi) is 6.78. The number of nitrogens with one attached hydrogen (secondary N) is 2. The van der Waals surface area contributed by atoms with Gasteiger partial charge in [0, 0.05) is 44.1 Å². The van der Waals surface area contributed by atoms with Crippen molar-refractivity contribution in [1.82, 2.24) is 15.5 Å². The summed E-state index contributed by atoms with van der Waals surface area (Å²) in [7, 11) is 0. The minimum absolute atomic E-state index is 0.0956. The van der Waals surface area contributed by atoms with Crippen LogP contribution < -0.4 is 10.6 Å². The Morgan fingerprint density at radius 1 is 1.12 bits per heavy atom. The predicted octanol–water partition coefficient (Wildman–Crippen LogP) is 1.32. The van der Waals surface area contributed by atoms with Crippen molar-refractivity contribution in [2.24, 2.45) is 0 Å². The number of amides is 3. The first-order chi connectivity index (χ1) is 11.6. The second-order valence-corrected chi connectivity index (χ2v) is 6.13. The van der Waals surface area contributed by atoms with E-state index in [0.29, 0.717) is 18.5 Å². The molecule has 0 saturated carbocycles. The highest BCUT2D eigenvalue weighted by Gasteiger charge is 2.18. The molecule has 0 bridgehead atoms. The maximum Gasteiger partial charge on any atom is 0.251 e. The zero-order valence-electron chi connectivity index (χ0n) is 14.1. The van der Waals surface area contributed by atoms with Gasteiger partial charge in [-0.25, -0.2) is 0 Å². The van der Waals surface area contributed by atoms with E-state index in [2.05, 4.69) is 10.6 Å². The standard InChI is InChI=1S/C18H25N3O3/c1-14(20-18(24)15-7-3-2-4-8-15)13-16(22)19-10-9-17(23)21-11-5-6-12-21/h2-4,7-8,14H,5-6,9-13H2,1H3,(H,19,22)(H,20,24). The maximum atomic E-state index is 12.0. The maximum absolute atomic E-state index is 12.0. The molecule has 1 fully saturated rings. The van der Waals surface area contributed by atoms with Crippen molar-refractivity contribution in [3.8, 4) is 0 Å². The lowest BCUT2D eigenvalue weighted by Crippen LogP contribution is -2.38. The Balaban J connectivity index is 1.64. The third kappa shape index (κ3) is 5.68. The zero-order chi connectivity index (χ0) is 17.4. The fourth-order valence-electron chi connectivity index (χ4n) is 2.73. The first-order valence-electron chi connectivity index (χ1n) is 8.46. The Bertz CT molecular complexity index is 568. The lowest BCUT2D eigenvalue weighted by Gasteiger charge is -2.16. The molecule has 6 heteroatoms. The summed E-state index contributed by atoms with van der Waals surface area (Å²) in [4.78, 5) is 37.6. The van der Waals surface area contributed by atoms with Crippen LogP contribution in [0.5, 0.6) is 0 Å². The third-order valence-corrected chi connectivity index (χ3v) is 4.02. The number of rotatable bonds is 7. The van der Waals surface area contributed by atoms with E-state index < -0.39 is 0 Å². The second-order valence-electron chi connectivity index (χ2n) is 6.13. The van der Waals surface area contributed by atoms with Gasteiger partial charge in [-0.1, -0.05) is 18.2 Å². The van der Waals surface area contributed by atoms with Crippen LogP contribution in [0.2, 0.25) is 0 Å². The lowest BCUT2D eigenvalue weighted by atomic mass is 10.1. The summed E-state index contributed by atoms with van der Waals surface area (Å²) in [5.74, 6) is -0.261. The van der Waals surface area contributed by atoms with Crippen molar-refractivity contribution in [2.45, 2.75) is 38.6 Å². The van der Waals surface area contributed by atoms with Crippen molar-refractivity contribution in [3.05, 3.63) is 35.9 Å². The van der Waals surface area contributed by atoms with Gasteiger partial charge in [0.25, 0.3) is 5.91 Å². The van der Waals surface area contributed by atoms with Crippen LogP contribution in [0, 0.1) is 0 Å². The fourth-order valence-corrected chi connectivity index (χ4v) is 2.73. The van der Waals surface area contributed by atoms with Gasteiger partial charge in [-0.2, -0.15) is 0 Å².